The van der Waals surface area contributed by atoms with E-state index in [1.54, 1.807) is 13.2 Å². The van der Waals surface area contributed by atoms with Crippen LogP contribution in [0.2, 0.25) is 5.02 Å². The third-order valence-electron chi connectivity index (χ3n) is 2.46. The van der Waals surface area contributed by atoms with Crippen LogP contribution in [0.25, 0.3) is 0 Å². The molecule has 2 rings (SSSR count). The van der Waals surface area contributed by atoms with Crippen LogP contribution < -0.4 is 15.8 Å². The Kier molecular flexibility index (Phi) is 3.99. The van der Waals surface area contributed by atoms with Gasteiger partial charge in [0, 0.05) is 15.6 Å². The van der Waals surface area contributed by atoms with E-state index in [4.69, 9.17) is 22.1 Å². The van der Waals surface area contributed by atoms with E-state index in [-0.39, 0.29) is 0 Å². The molecule has 0 atom stereocenters. The van der Waals surface area contributed by atoms with Crippen LogP contribution in [0.5, 0.6) is 5.75 Å². The van der Waals surface area contributed by atoms with Gasteiger partial charge in [0.2, 0.25) is 0 Å². The van der Waals surface area contributed by atoms with Crippen molar-refractivity contribution in [1.82, 2.24) is 0 Å². The molecule has 94 valence electrons. The van der Waals surface area contributed by atoms with Crippen molar-refractivity contribution in [1.29, 1.82) is 0 Å². The number of halogens is 2. The number of rotatable bonds is 3. The number of hydrogen-bond donors (Lipinski definition) is 2. The number of nitrogen functional groups attached to an aromatic ring is 1. The lowest BCUT2D eigenvalue weighted by Gasteiger charge is -2.12. The van der Waals surface area contributed by atoms with Crippen LogP contribution in [-0.4, -0.2) is 7.11 Å². The Morgan fingerprint density at radius 2 is 1.94 bits per heavy atom. The molecule has 18 heavy (non-hydrogen) atoms. The van der Waals surface area contributed by atoms with Crippen LogP contribution in [0.4, 0.5) is 17.1 Å². The van der Waals surface area contributed by atoms with Gasteiger partial charge in [0.15, 0.2) is 0 Å². The predicted octanol–water partition coefficient (Wildman–Crippen LogP) is 4.44. The Balaban J connectivity index is 2.36. The zero-order chi connectivity index (χ0) is 13.1. The standard InChI is InChI=1S/C13H12BrClN2O/c1-18-9-3-5-11(16)13(7-9)17-12-6-8(15)2-4-10(12)14/h2-7,17H,16H2,1H3. The molecule has 0 fully saturated rings. The molecule has 0 heterocycles. The second-order valence-electron chi connectivity index (χ2n) is 3.70. The minimum Gasteiger partial charge on any atom is -0.497 e. The summed E-state index contributed by atoms with van der Waals surface area (Å²) in [5, 5.41) is 3.87. The summed E-state index contributed by atoms with van der Waals surface area (Å²) in [6, 6.07) is 11.0. The number of ether oxygens (including phenoxy) is 1. The Morgan fingerprint density at radius 3 is 2.67 bits per heavy atom. The van der Waals surface area contributed by atoms with Crippen LogP contribution in [0.15, 0.2) is 40.9 Å². The average Bonchev–Trinajstić information content (AvgIpc) is 2.36. The van der Waals surface area contributed by atoms with E-state index in [2.05, 4.69) is 21.2 Å². The Hall–Kier alpha value is -1.39. The first-order chi connectivity index (χ1) is 8.60. The van der Waals surface area contributed by atoms with E-state index >= 15 is 0 Å². The fourth-order valence-electron chi connectivity index (χ4n) is 1.51. The fraction of sp³-hybridized carbons (Fsp3) is 0.0769. The summed E-state index contributed by atoms with van der Waals surface area (Å²) >= 11 is 9.42. The van der Waals surface area contributed by atoms with Gasteiger partial charge in [-0.3, -0.25) is 0 Å². The Labute approximate surface area is 119 Å². The minimum atomic E-state index is 0.641. The molecule has 0 amide bonds. The highest BCUT2D eigenvalue weighted by molar-refractivity contribution is 9.10. The summed E-state index contributed by atoms with van der Waals surface area (Å²) < 4.78 is 6.08. The summed E-state index contributed by atoms with van der Waals surface area (Å²) in [7, 11) is 1.62. The molecule has 0 bridgehead atoms. The van der Waals surface area contributed by atoms with Gasteiger partial charge in [-0.05, 0) is 46.3 Å². The van der Waals surface area contributed by atoms with Gasteiger partial charge >= 0.3 is 0 Å². The molecular weight excluding hydrogens is 316 g/mol. The topological polar surface area (TPSA) is 47.3 Å². The lowest BCUT2D eigenvalue weighted by Crippen LogP contribution is -1.97. The van der Waals surface area contributed by atoms with Crippen LogP contribution in [-0.2, 0) is 0 Å². The second-order valence-corrected chi connectivity index (χ2v) is 4.99. The van der Waals surface area contributed by atoms with E-state index in [1.165, 1.54) is 0 Å². The summed E-state index contributed by atoms with van der Waals surface area (Å²) in [4.78, 5) is 0. The lowest BCUT2D eigenvalue weighted by atomic mass is 10.2. The van der Waals surface area contributed by atoms with Crippen molar-refractivity contribution < 1.29 is 4.74 Å². The number of methoxy groups -OCH3 is 1. The molecule has 0 unspecified atom stereocenters. The lowest BCUT2D eigenvalue weighted by molar-refractivity contribution is 0.415. The SMILES string of the molecule is COc1ccc(N)c(Nc2cc(Cl)ccc2Br)c1. The van der Waals surface area contributed by atoms with Gasteiger partial charge in [-0.1, -0.05) is 11.6 Å². The van der Waals surface area contributed by atoms with E-state index in [1.807, 2.05) is 30.3 Å². The van der Waals surface area contributed by atoms with Gasteiger partial charge in [-0.2, -0.15) is 0 Å². The van der Waals surface area contributed by atoms with E-state index in [0.29, 0.717) is 10.7 Å². The van der Waals surface area contributed by atoms with Crippen molar-refractivity contribution >= 4 is 44.6 Å². The number of nitrogens with one attached hydrogen (secondary N) is 1. The highest BCUT2D eigenvalue weighted by atomic mass is 79.9. The van der Waals surface area contributed by atoms with Crippen molar-refractivity contribution in [2.24, 2.45) is 0 Å². The van der Waals surface area contributed by atoms with Crippen molar-refractivity contribution in [2.75, 3.05) is 18.2 Å². The summed E-state index contributed by atoms with van der Waals surface area (Å²) in [5.41, 5.74) is 8.18. The van der Waals surface area contributed by atoms with Crippen LogP contribution >= 0.6 is 27.5 Å². The molecule has 5 heteroatoms. The zero-order valence-corrected chi connectivity index (χ0v) is 12.0. The molecule has 0 aliphatic heterocycles. The van der Waals surface area contributed by atoms with Gasteiger partial charge in [-0.25, -0.2) is 0 Å². The quantitative estimate of drug-likeness (QED) is 0.819. The first kappa shape index (κ1) is 13.1. The van der Waals surface area contributed by atoms with Crippen LogP contribution in [0, 0.1) is 0 Å². The maximum Gasteiger partial charge on any atom is 0.121 e. The Bertz CT molecular complexity index is 575. The molecule has 0 spiro atoms. The highest BCUT2D eigenvalue weighted by Crippen LogP contribution is 2.32. The fourth-order valence-corrected chi connectivity index (χ4v) is 2.03. The largest absolute Gasteiger partial charge is 0.497 e. The molecule has 0 saturated carbocycles. The van der Waals surface area contributed by atoms with Crippen molar-refractivity contribution in [3.05, 3.63) is 45.9 Å². The molecule has 2 aromatic rings. The van der Waals surface area contributed by atoms with Crippen LogP contribution in [0.1, 0.15) is 0 Å². The molecule has 0 aliphatic rings. The van der Waals surface area contributed by atoms with Gasteiger partial charge in [0.05, 0.1) is 24.2 Å². The monoisotopic (exact) mass is 326 g/mol. The highest BCUT2D eigenvalue weighted by Gasteiger charge is 2.05. The minimum absolute atomic E-state index is 0.641. The zero-order valence-electron chi connectivity index (χ0n) is 9.71. The molecule has 0 aliphatic carbocycles. The number of benzene rings is 2. The predicted molar refractivity (Wildman–Crippen MR) is 79.8 cm³/mol. The molecule has 0 saturated heterocycles. The molecule has 0 radical (unpaired) electrons. The van der Waals surface area contributed by atoms with E-state index in [9.17, 15) is 0 Å². The number of hydrogen-bond acceptors (Lipinski definition) is 3. The molecule has 3 nitrogen and oxygen atoms in total. The second kappa shape index (κ2) is 5.50. The molecular formula is C13H12BrClN2O. The van der Waals surface area contributed by atoms with E-state index in [0.717, 1.165) is 21.6 Å². The average molecular weight is 328 g/mol. The summed E-state index contributed by atoms with van der Waals surface area (Å²) in [6.07, 6.45) is 0. The van der Waals surface area contributed by atoms with Gasteiger partial charge in [0.25, 0.3) is 0 Å². The third-order valence-corrected chi connectivity index (χ3v) is 3.38. The maximum atomic E-state index is 5.96. The summed E-state index contributed by atoms with van der Waals surface area (Å²) in [5.74, 6) is 0.741. The molecule has 2 aromatic carbocycles. The van der Waals surface area contributed by atoms with Crippen molar-refractivity contribution in [3.63, 3.8) is 0 Å². The smallest absolute Gasteiger partial charge is 0.121 e. The maximum absolute atomic E-state index is 5.96. The number of nitrogens with two attached hydrogens (primary N) is 1. The summed E-state index contributed by atoms with van der Waals surface area (Å²) in [6.45, 7) is 0. The normalized spacial score (nSPS) is 10.2. The van der Waals surface area contributed by atoms with Gasteiger partial charge in [-0.15, -0.1) is 0 Å². The van der Waals surface area contributed by atoms with Gasteiger partial charge in [0.1, 0.15) is 5.75 Å². The molecule has 3 N–H and O–H groups in total. The Morgan fingerprint density at radius 1 is 1.17 bits per heavy atom. The molecule has 0 aromatic heterocycles. The first-order valence-corrected chi connectivity index (χ1v) is 6.43. The van der Waals surface area contributed by atoms with Crippen molar-refractivity contribution in [3.8, 4) is 5.75 Å². The van der Waals surface area contributed by atoms with Crippen LogP contribution in [0.3, 0.4) is 0 Å². The van der Waals surface area contributed by atoms with Crippen molar-refractivity contribution in [2.45, 2.75) is 0 Å². The third kappa shape index (κ3) is 2.89. The van der Waals surface area contributed by atoms with E-state index < -0.39 is 0 Å². The van der Waals surface area contributed by atoms with Gasteiger partial charge < -0.3 is 15.8 Å². The first-order valence-electron chi connectivity index (χ1n) is 5.26. The number of anilines is 3.